The lowest BCUT2D eigenvalue weighted by Gasteiger charge is -2.28. The second kappa shape index (κ2) is 5.66. The molecule has 19 heavy (non-hydrogen) atoms. The first-order valence-electron chi connectivity index (χ1n) is 8.03. The van der Waals surface area contributed by atoms with Gasteiger partial charge in [0.2, 0.25) is 0 Å². The molecular weight excluding hydrogens is 234 g/mol. The van der Waals surface area contributed by atoms with E-state index in [4.69, 9.17) is 0 Å². The molecule has 2 heterocycles. The number of imidazole rings is 1. The molecule has 1 N–H and O–H groups in total. The van der Waals surface area contributed by atoms with Gasteiger partial charge in [-0.15, -0.1) is 0 Å². The molecule has 1 saturated heterocycles. The van der Waals surface area contributed by atoms with E-state index in [2.05, 4.69) is 41.2 Å². The summed E-state index contributed by atoms with van der Waals surface area (Å²) in [5.41, 5.74) is 1.47. The van der Waals surface area contributed by atoms with Crippen molar-refractivity contribution < 1.29 is 0 Å². The molecule has 0 radical (unpaired) electrons. The van der Waals surface area contributed by atoms with Gasteiger partial charge in [-0.3, -0.25) is 0 Å². The lowest BCUT2D eigenvalue weighted by Crippen LogP contribution is -2.30. The molecular formula is C16H27N3. The van der Waals surface area contributed by atoms with Crippen LogP contribution < -0.4 is 5.32 Å². The number of nitrogens with zero attached hydrogens (tertiary/aromatic N) is 2. The zero-order valence-electron chi connectivity index (χ0n) is 12.3. The predicted molar refractivity (Wildman–Crippen MR) is 78.3 cm³/mol. The Labute approximate surface area is 116 Å². The topological polar surface area (TPSA) is 29.9 Å². The highest BCUT2D eigenvalue weighted by molar-refractivity contribution is 5.11. The number of aromatic nitrogens is 2. The highest BCUT2D eigenvalue weighted by Gasteiger charge is 2.34. The van der Waals surface area contributed by atoms with E-state index in [9.17, 15) is 0 Å². The molecule has 2 aliphatic rings. The SMILES string of the molecule is CCC1CCC(n2cncc2C2CCCNC2)C1C. The minimum Gasteiger partial charge on any atom is -0.331 e. The molecule has 1 aromatic rings. The van der Waals surface area contributed by atoms with Gasteiger partial charge in [0.05, 0.1) is 6.33 Å². The van der Waals surface area contributed by atoms with E-state index >= 15 is 0 Å². The number of piperidine rings is 1. The minimum atomic E-state index is 0.670. The summed E-state index contributed by atoms with van der Waals surface area (Å²) in [5, 5.41) is 3.53. The molecule has 1 saturated carbocycles. The third-order valence-electron chi connectivity index (χ3n) is 5.48. The summed E-state index contributed by atoms with van der Waals surface area (Å²) in [6.45, 7) is 7.09. The van der Waals surface area contributed by atoms with Crippen molar-refractivity contribution in [2.45, 2.75) is 57.9 Å². The summed E-state index contributed by atoms with van der Waals surface area (Å²) < 4.78 is 2.51. The Hall–Kier alpha value is -0.830. The Kier molecular flexibility index (Phi) is 3.92. The molecule has 0 bridgehead atoms. The highest BCUT2D eigenvalue weighted by atomic mass is 15.1. The Morgan fingerprint density at radius 2 is 2.26 bits per heavy atom. The van der Waals surface area contributed by atoms with Crippen molar-refractivity contribution in [3.05, 3.63) is 18.2 Å². The van der Waals surface area contributed by atoms with Crippen LogP contribution in [-0.4, -0.2) is 22.6 Å². The van der Waals surface area contributed by atoms with Crippen molar-refractivity contribution in [1.29, 1.82) is 0 Å². The van der Waals surface area contributed by atoms with Crippen LogP contribution >= 0.6 is 0 Å². The predicted octanol–water partition coefficient (Wildman–Crippen LogP) is 3.35. The summed E-state index contributed by atoms with van der Waals surface area (Å²) in [6, 6.07) is 0.685. The minimum absolute atomic E-state index is 0.670. The van der Waals surface area contributed by atoms with Crippen molar-refractivity contribution in [2.75, 3.05) is 13.1 Å². The monoisotopic (exact) mass is 261 g/mol. The van der Waals surface area contributed by atoms with E-state index in [1.165, 1.54) is 44.3 Å². The van der Waals surface area contributed by atoms with Gasteiger partial charge in [0.15, 0.2) is 0 Å². The number of rotatable bonds is 3. The Morgan fingerprint density at radius 3 is 2.95 bits per heavy atom. The molecule has 0 amide bonds. The van der Waals surface area contributed by atoms with Crippen molar-refractivity contribution >= 4 is 0 Å². The molecule has 0 spiro atoms. The lowest BCUT2D eigenvalue weighted by atomic mass is 9.92. The summed E-state index contributed by atoms with van der Waals surface area (Å²) in [6.07, 6.45) is 10.9. The second-order valence-corrected chi connectivity index (χ2v) is 6.44. The van der Waals surface area contributed by atoms with E-state index in [1.807, 2.05) is 0 Å². The van der Waals surface area contributed by atoms with Crippen LogP contribution in [0, 0.1) is 11.8 Å². The van der Waals surface area contributed by atoms with E-state index in [1.54, 1.807) is 0 Å². The fourth-order valence-corrected chi connectivity index (χ4v) is 4.21. The molecule has 1 aliphatic carbocycles. The van der Waals surface area contributed by atoms with Gasteiger partial charge in [0.1, 0.15) is 0 Å². The van der Waals surface area contributed by atoms with Gasteiger partial charge in [-0.1, -0.05) is 20.3 Å². The Balaban J connectivity index is 1.80. The fraction of sp³-hybridized carbons (Fsp3) is 0.812. The van der Waals surface area contributed by atoms with Crippen molar-refractivity contribution in [2.24, 2.45) is 11.8 Å². The molecule has 2 fully saturated rings. The largest absolute Gasteiger partial charge is 0.331 e. The third kappa shape index (κ3) is 2.45. The van der Waals surface area contributed by atoms with Gasteiger partial charge in [-0.25, -0.2) is 4.98 Å². The summed E-state index contributed by atoms with van der Waals surface area (Å²) in [4.78, 5) is 4.46. The molecule has 106 valence electrons. The van der Waals surface area contributed by atoms with Gasteiger partial charge in [-0.2, -0.15) is 0 Å². The van der Waals surface area contributed by atoms with Crippen LogP contribution in [0.15, 0.2) is 12.5 Å². The van der Waals surface area contributed by atoms with Crippen LogP contribution in [-0.2, 0) is 0 Å². The number of hydrogen-bond donors (Lipinski definition) is 1. The summed E-state index contributed by atoms with van der Waals surface area (Å²) in [5.74, 6) is 2.38. The lowest BCUT2D eigenvalue weighted by molar-refractivity contribution is 0.316. The van der Waals surface area contributed by atoms with Crippen LogP contribution in [0.25, 0.3) is 0 Å². The van der Waals surface area contributed by atoms with Crippen molar-refractivity contribution in [3.8, 4) is 0 Å². The van der Waals surface area contributed by atoms with E-state index in [0.29, 0.717) is 12.0 Å². The normalized spacial score (nSPS) is 35.7. The van der Waals surface area contributed by atoms with E-state index < -0.39 is 0 Å². The van der Waals surface area contributed by atoms with Crippen LogP contribution in [0.5, 0.6) is 0 Å². The number of hydrogen-bond acceptors (Lipinski definition) is 2. The second-order valence-electron chi connectivity index (χ2n) is 6.44. The van der Waals surface area contributed by atoms with Gasteiger partial charge in [-0.05, 0) is 44.1 Å². The molecule has 1 aliphatic heterocycles. The van der Waals surface area contributed by atoms with Crippen LogP contribution in [0.4, 0.5) is 0 Å². The number of nitrogens with one attached hydrogen (secondary N) is 1. The maximum absolute atomic E-state index is 4.46. The zero-order chi connectivity index (χ0) is 13.2. The third-order valence-corrected chi connectivity index (χ3v) is 5.48. The smallest absolute Gasteiger partial charge is 0.0950 e. The Morgan fingerprint density at radius 1 is 1.37 bits per heavy atom. The first-order valence-corrected chi connectivity index (χ1v) is 8.03. The van der Waals surface area contributed by atoms with Crippen LogP contribution in [0.3, 0.4) is 0 Å². The molecule has 3 rings (SSSR count). The molecule has 4 unspecified atom stereocenters. The van der Waals surface area contributed by atoms with Gasteiger partial charge < -0.3 is 9.88 Å². The molecule has 3 heteroatoms. The standard InChI is InChI=1S/C16H27N3/c1-3-13-6-7-15(12(13)2)19-11-18-10-16(19)14-5-4-8-17-9-14/h10-15,17H,3-9H2,1-2H3. The molecule has 0 aromatic carbocycles. The fourth-order valence-electron chi connectivity index (χ4n) is 4.21. The average Bonchev–Trinajstić information content (AvgIpc) is 3.05. The zero-order valence-corrected chi connectivity index (χ0v) is 12.3. The first-order chi connectivity index (χ1) is 9.31. The van der Waals surface area contributed by atoms with Gasteiger partial charge in [0.25, 0.3) is 0 Å². The maximum Gasteiger partial charge on any atom is 0.0950 e. The highest BCUT2D eigenvalue weighted by Crippen LogP contribution is 2.43. The quantitative estimate of drug-likeness (QED) is 0.904. The molecule has 4 atom stereocenters. The molecule has 1 aromatic heterocycles. The first kappa shape index (κ1) is 13.2. The maximum atomic E-state index is 4.46. The average molecular weight is 261 g/mol. The van der Waals surface area contributed by atoms with E-state index in [-0.39, 0.29) is 0 Å². The Bertz CT molecular complexity index is 406. The van der Waals surface area contributed by atoms with Crippen LogP contribution in [0.2, 0.25) is 0 Å². The molecule has 3 nitrogen and oxygen atoms in total. The summed E-state index contributed by atoms with van der Waals surface area (Å²) in [7, 11) is 0. The van der Waals surface area contributed by atoms with Gasteiger partial charge in [0, 0.05) is 30.4 Å². The van der Waals surface area contributed by atoms with Crippen molar-refractivity contribution in [3.63, 3.8) is 0 Å². The summed E-state index contributed by atoms with van der Waals surface area (Å²) >= 11 is 0. The van der Waals surface area contributed by atoms with E-state index in [0.717, 1.165) is 18.4 Å². The van der Waals surface area contributed by atoms with Crippen LogP contribution in [0.1, 0.15) is 63.6 Å². The van der Waals surface area contributed by atoms with Crippen molar-refractivity contribution in [1.82, 2.24) is 14.9 Å². The van der Waals surface area contributed by atoms with Gasteiger partial charge >= 0.3 is 0 Å².